The molecule has 0 atom stereocenters. The number of hydrogen-bond donors (Lipinski definition) is 2. The minimum absolute atomic E-state index is 0.528. The Balaban J connectivity index is 1.78. The highest BCUT2D eigenvalue weighted by molar-refractivity contribution is 5.42. The Kier molecular flexibility index (Phi) is 7.32. The highest BCUT2D eigenvalue weighted by atomic mass is 16.5. The third-order valence-corrected chi connectivity index (χ3v) is 3.60. The van der Waals surface area contributed by atoms with Crippen LogP contribution >= 0.6 is 0 Å². The summed E-state index contributed by atoms with van der Waals surface area (Å²) in [6.45, 7) is 8.45. The van der Waals surface area contributed by atoms with Crippen molar-refractivity contribution >= 4 is 11.8 Å². The number of methoxy groups -OCH3 is 1. The number of ether oxygens (including phenoxy) is 2. The smallest absolute Gasteiger partial charge is 0.224 e. The molecule has 0 radical (unpaired) electrons. The van der Waals surface area contributed by atoms with E-state index in [0.717, 1.165) is 36.0 Å². The zero-order valence-corrected chi connectivity index (χ0v) is 15.5. The largest absolute Gasteiger partial charge is 0.497 e. The van der Waals surface area contributed by atoms with Crippen molar-refractivity contribution in [3.63, 3.8) is 0 Å². The molecule has 6 heteroatoms. The van der Waals surface area contributed by atoms with Crippen LogP contribution in [0.25, 0.3) is 0 Å². The highest BCUT2D eigenvalue weighted by Crippen LogP contribution is 2.17. The van der Waals surface area contributed by atoms with Gasteiger partial charge in [-0.05, 0) is 43.5 Å². The van der Waals surface area contributed by atoms with Crippen LogP contribution in [0, 0.1) is 12.8 Å². The number of aromatic nitrogens is 2. The van der Waals surface area contributed by atoms with Gasteiger partial charge < -0.3 is 20.1 Å². The minimum Gasteiger partial charge on any atom is -0.497 e. The predicted octanol–water partition coefficient (Wildman–Crippen LogP) is 3.74. The zero-order valence-electron chi connectivity index (χ0n) is 15.5. The fraction of sp³-hybridized carbons (Fsp3) is 0.474. The first-order valence-corrected chi connectivity index (χ1v) is 8.67. The third-order valence-electron chi connectivity index (χ3n) is 3.60. The summed E-state index contributed by atoms with van der Waals surface area (Å²) in [4.78, 5) is 8.90. The Bertz CT molecular complexity index is 644. The van der Waals surface area contributed by atoms with Crippen molar-refractivity contribution in [3.8, 4) is 11.5 Å². The second kappa shape index (κ2) is 9.71. The van der Waals surface area contributed by atoms with Gasteiger partial charge in [-0.25, -0.2) is 4.98 Å². The molecule has 1 aromatic heterocycles. The van der Waals surface area contributed by atoms with E-state index in [-0.39, 0.29) is 0 Å². The summed E-state index contributed by atoms with van der Waals surface area (Å²) in [6, 6.07) is 9.49. The van der Waals surface area contributed by atoms with Crippen LogP contribution in [0.4, 0.5) is 11.8 Å². The van der Waals surface area contributed by atoms with E-state index in [1.54, 1.807) is 7.11 Å². The summed E-state index contributed by atoms with van der Waals surface area (Å²) in [7, 11) is 1.65. The van der Waals surface area contributed by atoms with E-state index in [1.165, 1.54) is 0 Å². The summed E-state index contributed by atoms with van der Waals surface area (Å²) < 4.78 is 10.8. The Hall–Kier alpha value is -2.50. The maximum absolute atomic E-state index is 5.69. The molecule has 0 aliphatic rings. The van der Waals surface area contributed by atoms with Gasteiger partial charge in [-0.15, -0.1) is 0 Å². The predicted molar refractivity (Wildman–Crippen MR) is 102 cm³/mol. The molecule has 0 aliphatic carbocycles. The minimum atomic E-state index is 0.528. The molecule has 0 bridgehead atoms. The van der Waals surface area contributed by atoms with E-state index >= 15 is 0 Å². The van der Waals surface area contributed by atoms with Crippen LogP contribution in [0.2, 0.25) is 0 Å². The van der Waals surface area contributed by atoms with Gasteiger partial charge in [-0.3, -0.25) is 0 Å². The van der Waals surface area contributed by atoms with E-state index in [1.807, 2.05) is 37.3 Å². The molecule has 25 heavy (non-hydrogen) atoms. The number of benzene rings is 1. The maximum atomic E-state index is 5.69. The van der Waals surface area contributed by atoms with Gasteiger partial charge in [0.05, 0.1) is 13.7 Å². The second-order valence-corrected chi connectivity index (χ2v) is 6.28. The van der Waals surface area contributed by atoms with Gasteiger partial charge in [-0.1, -0.05) is 13.8 Å². The molecule has 0 saturated heterocycles. The van der Waals surface area contributed by atoms with E-state index in [0.29, 0.717) is 25.0 Å². The lowest BCUT2D eigenvalue weighted by Crippen LogP contribution is -2.15. The maximum Gasteiger partial charge on any atom is 0.224 e. The molecule has 2 aromatic rings. The Morgan fingerprint density at radius 3 is 2.40 bits per heavy atom. The lowest BCUT2D eigenvalue weighted by atomic mass is 10.1. The first-order valence-electron chi connectivity index (χ1n) is 8.67. The van der Waals surface area contributed by atoms with Gasteiger partial charge in [0.1, 0.15) is 23.9 Å². The molecule has 0 unspecified atom stereocenters. The van der Waals surface area contributed by atoms with E-state index in [4.69, 9.17) is 9.47 Å². The van der Waals surface area contributed by atoms with Crippen LogP contribution in [-0.2, 0) is 0 Å². The monoisotopic (exact) mass is 344 g/mol. The van der Waals surface area contributed by atoms with Gasteiger partial charge in [0.2, 0.25) is 5.95 Å². The summed E-state index contributed by atoms with van der Waals surface area (Å²) in [5.41, 5.74) is 0.931. The summed E-state index contributed by atoms with van der Waals surface area (Å²) in [5, 5.41) is 6.56. The van der Waals surface area contributed by atoms with Gasteiger partial charge in [-0.2, -0.15) is 4.98 Å². The van der Waals surface area contributed by atoms with Crippen LogP contribution in [0.1, 0.15) is 26.0 Å². The van der Waals surface area contributed by atoms with Gasteiger partial charge in [0, 0.05) is 18.3 Å². The topological polar surface area (TPSA) is 68.3 Å². The highest BCUT2D eigenvalue weighted by Gasteiger charge is 2.03. The summed E-state index contributed by atoms with van der Waals surface area (Å²) >= 11 is 0. The van der Waals surface area contributed by atoms with Gasteiger partial charge in [0.15, 0.2) is 0 Å². The number of nitrogens with zero attached hydrogens (tertiary/aromatic N) is 2. The van der Waals surface area contributed by atoms with Crippen molar-refractivity contribution < 1.29 is 9.47 Å². The zero-order chi connectivity index (χ0) is 18.1. The number of nitrogens with one attached hydrogen (secondary N) is 2. The molecule has 1 heterocycles. The average molecular weight is 344 g/mol. The first kappa shape index (κ1) is 18.8. The van der Waals surface area contributed by atoms with Gasteiger partial charge >= 0.3 is 0 Å². The lowest BCUT2D eigenvalue weighted by molar-refractivity contribution is 0.331. The van der Waals surface area contributed by atoms with E-state index < -0.39 is 0 Å². The Morgan fingerprint density at radius 2 is 1.72 bits per heavy atom. The van der Waals surface area contributed by atoms with Crippen LogP contribution in [0.15, 0.2) is 30.3 Å². The molecule has 0 amide bonds. The number of rotatable bonds is 10. The van der Waals surface area contributed by atoms with Crippen LogP contribution < -0.4 is 20.1 Å². The molecule has 0 spiro atoms. The van der Waals surface area contributed by atoms with Crippen molar-refractivity contribution in [1.82, 2.24) is 9.97 Å². The molecule has 0 fully saturated rings. The second-order valence-electron chi connectivity index (χ2n) is 6.28. The van der Waals surface area contributed by atoms with Crippen molar-refractivity contribution in [2.24, 2.45) is 5.92 Å². The van der Waals surface area contributed by atoms with Crippen molar-refractivity contribution in [3.05, 3.63) is 36.0 Å². The standard InChI is InChI=1S/C19H28N4O2/c1-14(2)9-10-20-18-13-15(3)22-19(23-18)21-11-12-25-17-7-5-16(24-4)6-8-17/h5-8,13-14H,9-12H2,1-4H3,(H2,20,21,22,23). The van der Waals surface area contributed by atoms with Crippen LogP contribution in [0.5, 0.6) is 11.5 Å². The Labute approximate surface area is 150 Å². The SMILES string of the molecule is COc1ccc(OCCNc2nc(C)cc(NCCC(C)C)n2)cc1. The van der Waals surface area contributed by atoms with Crippen LogP contribution in [0.3, 0.4) is 0 Å². The number of anilines is 2. The van der Waals surface area contributed by atoms with Crippen molar-refractivity contribution in [2.45, 2.75) is 27.2 Å². The molecule has 136 valence electrons. The van der Waals surface area contributed by atoms with Crippen LogP contribution in [-0.4, -0.2) is 36.8 Å². The normalized spacial score (nSPS) is 10.6. The molecule has 2 rings (SSSR count). The average Bonchev–Trinajstić information content (AvgIpc) is 2.58. The van der Waals surface area contributed by atoms with E-state index in [2.05, 4.69) is 34.4 Å². The number of aryl methyl sites for hydroxylation is 1. The fourth-order valence-electron chi connectivity index (χ4n) is 2.23. The van der Waals surface area contributed by atoms with Crippen molar-refractivity contribution in [2.75, 3.05) is 37.4 Å². The quantitative estimate of drug-likeness (QED) is 0.640. The molecule has 0 aliphatic heterocycles. The fourth-order valence-corrected chi connectivity index (χ4v) is 2.23. The third kappa shape index (κ3) is 6.87. The van der Waals surface area contributed by atoms with Crippen molar-refractivity contribution in [1.29, 1.82) is 0 Å². The molecule has 0 saturated carbocycles. The summed E-state index contributed by atoms with van der Waals surface area (Å²) in [6.07, 6.45) is 1.11. The summed E-state index contributed by atoms with van der Waals surface area (Å²) in [5.74, 6) is 3.76. The molecular weight excluding hydrogens is 316 g/mol. The Morgan fingerprint density at radius 1 is 1.00 bits per heavy atom. The molecule has 1 aromatic carbocycles. The molecule has 6 nitrogen and oxygen atoms in total. The molecular formula is C19H28N4O2. The lowest BCUT2D eigenvalue weighted by Gasteiger charge is -2.11. The van der Waals surface area contributed by atoms with E-state index in [9.17, 15) is 0 Å². The molecule has 2 N–H and O–H groups in total. The van der Waals surface area contributed by atoms with Gasteiger partial charge in [0.25, 0.3) is 0 Å². The first-order chi connectivity index (χ1) is 12.1. The number of hydrogen-bond acceptors (Lipinski definition) is 6.